The molecule has 2 rings (SSSR count). The zero-order chi connectivity index (χ0) is 13.6. The zero-order valence-electron chi connectivity index (χ0n) is 10.3. The highest BCUT2D eigenvalue weighted by molar-refractivity contribution is 7.89. The van der Waals surface area contributed by atoms with Crippen LogP contribution in [-0.4, -0.2) is 19.8 Å². The first-order chi connectivity index (χ1) is 8.16. The molecule has 2 N–H and O–H groups in total. The fourth-order valence-electron chi connectivity index (χ4n) is 2.41. The van der Waals surface area contributed by atoms with Gasteiger partial charge in [0.05, 0.1) is 5.75 Å². The largest absolute Gasteiger partial charge is 0.487 e. The van der Waals surface area contributed by atoms with E-state index in [9.17, 15) is 12.8 Å². The van der Waals surface area contributed by atoms with Gasteiger partial charge in [-0.15, -0.1) is 0 Å². The minimum Gasteiger partial charge on any atom is -0.487 e. The lowest BCUT2D eigenvalue weighted by Gasteiger charge is -2.37. The summed E-state index contributed by atoms with van der Waals surface area (Å²) in [6, 6.07) is 4.15. The van der Waals surface area contributed by atoms with E-state index in [-0.39, 0.29) is 11.7 Å². The van der Waals surface area contributed by atoms with Crippen molar-refractivity contribution in [2.24, 2.45) is 5.14 Å². The van der Waals surface area contributed by atoms with Crippen LogP contribution in [0, 0.1) is 5.82 Å². The highest BCUT2D eigenvalue weighted by Gasteiger charge is 2.35. The molecule has 1 heterocycles. The first-order valence-corrected chi connectivity index (χ1v) is 7.37. The van der Waals surface area contributed by atoms with Crippen molar-refractivity contribution in [1.82, 2.24) is 0 Å². The van der Waals surface area contributed by atoms with Crippen LogP contribution >= 0.6 is 0 Å². The van der Waals surface area contributed by atoms with E-state index in [4.69, 9.17) is 9.88 Å². The van der Waals surface area contributed by atoms with Gasteiger partial charge in [-0.2, -0.15) is 0 Å². The molecule has 0 aromatic heterocycles. The first-order valence-electron chi connectivity index (χ1n) is 5.65. The van der Waals surface area contributed by atoms with E-state index >= 15 is 0 Å². The molecule has 100 valence electrons. The topological polar surface area (TPSA) is 69.4 Å². The van der Waals surface area contributed by atoms with Gasteiger partial charge in [0, 0.05) is 12.0 Å². The molecule has 1 aliphatic rings. The van der Waals surface area contributed by atoms with Crippen molar-refractivity contribution in [2.45, 2.75) is 31.8 Å². The molecule has 18 heavy (non-hydrogen) atoms. The summed E-state index contributed by atoms with van der Waals surface area (Å²) < 4.78 is 41.4. The fraction of sp³-hybridized carbons (Fsp3) is 0.500. The number of rotatable bonds is 2. The molecule has 1 unspecified atom stereocenters. The van der Waals surface area contributed by atoms with Crippen LogP contribution in [0.25, 0.3) is 0 Å². The summed E-state index contributed by atoms with van der Waals surface area (Å²) in [4.78, 5) is 0. The molecule has 0 saturated carbocycles. The number of fused-ring (bicyclic) bond motifs is 1. The Morgan fingerprint density at radius 3 is 2.78 bits per heavy atom. The van der Waals surface area contributed by atoms with Crippen LogP contribution < -0.4 is 9.88 Å². The van der Waals surface area contributed by atoms with Crippen LogP contribution in [0.1, 0.15) is 31.7 Å². The van der Waals surface area contributed by atoms with Crippen LogP contribution in [0.4, 0.5) is 4.39 Å². The molecule has 0 amide bonds. The normalized spacial score (nSPS) is 22.1. The van der Waals surface area contributed by atoms with E-state index in [2.05, 4.69) is 0 Å². The molecule has 4 nitrogen and oxygen atoms in total. The lowest BCUT2D eigenvalue weighted by molar-refractivity contribution is 0.0746. The van der Waals surface area contributed by atoms with Gasteiger partial charge in [0.25, 0.3) is 0 Å². The number of benzene rings is 1. The van der Waals surface area contributed by atoms with Crippen molar-refractivity contribution in [1.29, 1.82) is 0 Å². The second-order valence-corrected chi connectivity index (χ2v) is 6.93. The highest BCUT2D eigenvalue weighted by Crippen LogP contribution is 2.41. The van der Waals surface area contributed by atoms with Crippen LogP contribution in [0.5, 0.6) is 5.75 Å². The smallest absolute Gasteiger partial charge is 0.209 e. The standard InChI is InChI=1S/C12H16FNO3S/c1-12(2)6-8(7-18(14,15)16)10-4-3-9(13)5-11(10)17-12/h3-5,8H,6-7H2,1-2H3,(H2,14,15,16). The molecule has 6 heteroatoms. The van der Waals surface area contributed by atoms with E-state index in [1.54, 1.807) is 6.07 Å². The van der Waals surface area contributed by atoms with Crippen LogP contribution in [0.3, 0.4) is 0 Å². The Morgan fingerprint density at radius 1 is 1.50 bits per heavy atom. The molecule has 0 fully saturated rings. The third-order valence-electron chi connectivity index (χ3n) is 2.97. The Morgan fingerprint density at radius 2 is 2.17 bits per heavy atom. The quantitative estimate of drug-likeness (QED) is 0.892. The van der Waals surface area contributed by atoms with Gasteiger partial charge < -0.3 is 4.74 Å². The molecule has 0 bridgehead atoms. The molecule has 1 aromatic carbocycles. The summed E-state index contributed by atoms with van der Waals surface area (Å²) in [6.45, 7) is 3.69. The van der Waals surface area contributed by atoms with Gasteiger partial charge in [0.15, 0.2) is 0 Å². The van der Waals surface area contributed by atoms with Crippen LogP contribution in [0.2, 0.25) is 0 Å². The van der Waals surface area contributed by atoms with Crippen LogP contribution in [-0.2, 0) is 10.0 Å². The van der Waals surface area contributed by atoms with E-state index in [1.165, 1.54) is 12.1 Å². The summed E-state index contributed by atoms with van der Waals surface area (Å²) in [6.07, 6.45) is 0.530. The molecule has 1 aliphatic heterocycles. The van der Waals surface area contributed by atoms with Gasteiger partial charge in [0.1, 0.15) is 17.2 Å². The molecule has 1 atom stereocenters. The van der Waals surface area contributed by atoms with E-state index in [0.717, 1.165) is 0 Å². The maximum absolute atomic E-state index is 13.2. The van der Waals surface area contributed by atoms with E-state index < -0.39 is 21.4 Å². The minimum atomic E-state index is -3.58. The summed E-state index contributed by atoms with van der Waals surface area (Å²) >= 11 is 0. The summed E-state index contributed by atoms with van der Waals surface area (Å²) in [5, 5.41) is 5.10. The second kappa shape index (κ2) is 4.20. The lowest BCUT2D eigenvalue weighted by atomic mass is 9.85. The molecule has 0 spiro atoms. The monoisotopic (exact) mass is 273 g/mol. The van der Waals surface area contributed by atoms with Crippen LogP contribution in [0.15, 0.2) is 18.2 Å². The SMILES string of the molecule is CC1(C)CC(CS(N)(=O)=O)c2ccc(F)cc2O1. The van der Waals surface area contributed by atoms with Crippen molar-refractivity contribution < 1.29 is 17.5 Å². The highest BCUT2D eigenvalue weighted by atomic mass is 32.2. The van der Waals surface area contributed by atoms with Gasteiger partial charge in [-0.25, -0.2) is 17.9 Å². The van der Waals surface area contributed by atoms with E-state index in [1.807, 2.05) is 13.8 Å². The Balaban J connectivity index is 2.44. The van der Waals surface area contributed by atoms with Gasteiger partial charge in [-0.1, -0.05) is 6.07 Å². The molecule has 0 aliphatic carbocycles. The number of hydrogen-bond acceptors (Lipinski definition) is 3. The number of hydrogen-bond donors (Lipinski definition) is 1. The average Bonchev–Trinajstić information content (AvgIpc) is 2.11. The summed E-state index contributed by atoms with van der Waals surface area (Å²) in [7, 11) is -3.58. The molecular weight excluding hydrogens is 257 g/mol. The van der Waals surface area contributed by atoms with Crippen molar-refractivity contribution in [2.75, 3.05) is 5.75 Å². The minimum absolute atomic E-state index is 0.154. The Labute approximate surface area is 106 Å². The van der Waals surface area contributed by atoms with Gasteiger partial charge >= 0.3 is 0 Å². The number of halogens is 1. The molecule has 0 saturated heterocycles. The zero-order valence-corrected chi connectivity index (χ0v) is 11.1. The van der Waals surface area contributed by atoms with Gasteiger partial charge in [0.2, 0.25) is 10.0 Å². The summed E-state index contributed by atoms with van der Waals surface area (Å²) in [5.41, 5.74) is 0.167. The number of sulfonamides is 1. The number of nitrogens with two attached hydrogens (primary N) is 1. The number of ether oxygens (including phenoxy) is 1. The van der Waals surface area contributed by atoms with Crippen molar-refractivity contribution in [3.8, 4) is 5.75 Å². The predicted octanol–water partition coefficient (Wildman–Crippen LogP) is 1.76. The average molecular weight is 273 g/mol. The Kier molecular flexibility index (Phi) is 3.11. The Bertz CT molecular complexity index is 569. The van der Waals surface area contributed by atoms with Gasteiger partial charge in [-0.3, -0.25) is 0 Å². The summed E-state index contributed by atoms with van der Waals surface area (Å²) in [5.74, 6) is -0.418. The van der Waals surface area contributed by atoms with Gasteiger partial charge in [-0.05, 0) is 31.9 Å². The molecular formula is C12H16FNO3S. The third-order valence-corrected chi connectivity index (χ3v) is 3.84. The van der Waals surface area contributed by atoms with Crippen molar-refractivity contribution in [3.05, 3.63) is 29.6 Å². The second-order valence-electron chi connectivity index (χ2n) is 5.27. The fourth-order valence-corrected chi connectivity index (χ4v) is 3.26. The molecule has 1 aromatic rings. The van der Waals surface area contributed by atoms with E-state index in [0.29, 0.717) is 17.7 Å². The maximum atomic E-state index is 13.2. The lowest BCUT2D eigenvalue weighted by Crippen LogP contribution is -2.37. The Hall–Kier alpha value is -1.14. The third kappa shape index (κ3) is 3.00. The predicted molar refractivity (Wildman–Crippen MR) is 66.4 cm³/mol. The molecule has 0 radical (unpaired) electrons. The number of primary sulfonamides is 1. The van der Waals surface area contributed by atoms with Crippen molar-refractivity contribution in [3.63, 3.8) is 0 Å². The first kappa shape index (κ1) is 13.3. The van der Waals surface area contributed by atoms with Crippen molar-refractivity contribution >= 4 is 10.0 Å². The maximum Gasteiger partial charge on any atom is 0.209 e.